The molecule has 2 aromatic carbocycles. The molecule has 0 saturated heterocycles. The molecule has 130 valence electrons. The normalized spacial score (nSPS) is 13.3. The van der Waals surface area contributed by atoms with Gasteiger partial charge in [0.05, 0.1) is 14.2 Å². The Morgan fingerprint density at radius 3 is 1.46 bits per heavy atom. The molecule has 0 aliphatic carbocycles. The Labute approximate surface area is 143 Å². The first-order valence-electron chi connectivity index (χ1n) is 8.16. The summed E-state index contributed by atoms with van der Waals surface area (Å²) in [6.07, 6.45) is 1.82. The van der Waals surface area contributed by atoms with Gasteiger partial charge in [-0.15, -0.1) is 0 Å². The highest BCUT2D eigenvalue weighted by Gasteiger charge is 2.15. The molecule has 0 fully saturated rings. The number of phenolic OH excluding ortho intramolecular Hbond substituents is 2. The fraction of sp³-hybridized carbons (Fsp3) is 0.400. The first kappa shape index (κ1) is 18.0. The Morgan fingerprint density at radius 1 is 0.750 bits per heavy atom. The largest absolute Gasteiger partial charge is 0.504 e. The number of rotatable bonds is 7. The zero-order chi connectivity index (χ0) is 17.7. The van der Waals surface area contributed by atoms with E-state index in [4.69, 9.17) is 9.47 Å². The maximum atomic E-state index is 9.69. The van der Waals surface area contributed by atoms with Gasteiger partial charge in [0, 0.05) is 0 Å². The van der Waals surface area contributed by atoms with E-state index in [0.29, 0.717) is 23.3 Å². The van der Waals surface area contributed by atoms with Gasteiger partial charge in [-0.2, -0.15) is 0 Å². The molecule has 24 heavy (non-hydrogen) atoms. The third kappa shape index (κ3) is 4.34. The maximum Gasteiger partial charge on any atom is 0.160 e. The number of ether oxygens (including phenoxy) is 2. The number of aromatic hydroxyl groups is 2. The van der Waals surface area contributed by atoms with Gasteiger partial charge in [0.15, 0.2) is 23.0 Å². The van der Waals surface area contributed by atoms with Crippen LogP contribution in [0.4, 0.5) is 0 Å². The SMILES string of the molecule is COc1cc(C[C@H](C)[C@@H](C)Cc2ccc(O)c(OC)c2)ccc1O. The Bertz CT molecular complexity index is 622. The smallest absolute Gasteiger partial charge is 0.160 e. The van der Waals surface area contributed by atoms with E-state index in [1.165, 1.54) is 0 Å². The fourth-order valence-electron chi connectivity index (χ4n) is 2.84. The molecule has 0 radical (unpaired) electrons. The lowest BCUT2D eigenvalue weighted by molar-refractivity contribution is 0.364. The van der Waals surface area contributed by atoms with Crippen LogP contribution in [0.5, 0.6) is 23.0 Å². The lowest BCUT2D eigenvalue weighted by Gasteiger charge is -2.21. The minimum atomic E-state index is 0.165. The van der Waals surface area contributed by atoms with Crippen molar-refractivity contribution in [2.45, 2.75) is 26.7 Å². The number of phenols is 2. The predicted octanol–water partition coefficient (Wildman–Crippen LogP) is 4.17. The average molecular weight is 330 g/mol. The van der Waals surface area contributed by atoms with Crippen LogP contribution in [0.15, 0.2) is 36.4 Å². The lowest BCUT2D eigenvalue weighted by atomic mass is 9.85. The Balaban J connectivity index is 2.03. The second-order valence-corrected chi connectivity index (χ2v) is 6.38. The van der Waals surface area contributed by atoms with Gasteiger partial charge in [-0.25, -0.2) is 0 Å². The van der Waals surface area contributed by atoms with Crippen molar-refractivity contribution in [1.82, 2.24) is 0 Å². The second kappa shape index (κ2) is 7.95. The first-order chi connectivity index (χ1) is 11.4. The molecule has 0 spiro atoms. The molecule has 0 saturated carbocycles. The highest BCUT2D eigenvalue weighted by atomic mass is 16.5. The van der Waals surface area contributed by atoms with Crippen molar-refractivity contribution in [1.29, 1.82) is 0 Å². The van der Waals surface area contributed by atoms with Crippen LogP contribution in [0.2, 0.25) is 0 Å². The minimum Gasteiger partial charge on any atom is -0.504 e. The summed E-state index contributed by atoms with van der Waals surface area (Å²) in [5, 5.41) is 19.4. The van der Waals surface area contributed by atoms with Gasteiger partial charge in [0.2, 0.25) is 0 Å². The van der Waals surface area contributed by atoms with Gasteiger partial charge >= 0.3 is 0 Å². The average Bonchev–Trinajstić information content (AvgIpc) is 2.58. The molecule has 0 heterocycles. The van der Waals surface area contributed by atoms with Crippen molar-refractivity contribution >= 4 is 0 Å². The van der Waals surface area contributed by atoms with Gasteiger partial charge in [0.25, 0.3) is 0 Å². The summed E-state index contributed by atoms with van der Waals surface area (Å²) in [6.45, 7) is 4.45. The fourth-order valence-corrected chi connectivity index (χ4v) is 2.84. The van der Waals surface area contributed by atoms with Gasteiger partial charge < -0.3 is 19.7 Å². The predicted molar refractivity (Wildman–Crippen MR) is 95.1 cm³/mol. The van der Waals surface area contributed by atoms with E-state index in [2.05, 4.69) is 13.8 Å². The van der Waals surface area contributed by atoms with Gasteiger partial charge in [0.1, 0.15) is 0 Å². The van der Waals surface area contributed by atoms with E-state index in [1.54, 1.807) is 26.4 Å². The third-order valence-corrected chi connectivity index (χ3v) is 4.58. The van der Waals surface area contributed by atoms with Crippen LogP contribution in [-0.2, 0) is 12.8 Å². The second-order valence-electron chi connectivity index (χ2n) is 6.38. The summed E-state index contributed by atoms with van der Waals surface area (Å²) in [6, 6.07) is 11.0. The molecule has 0 aliphatic heterocycles. The van der Waals surface area contributed by atoms with Gasteiger partial charge in [-0.3, -0.25) is 0 Å². The monoisotopic (exact) mass is 330 g/mol. The zero-order valence-electron chi connectivity index (χ0n) is 14.7. The van der Waals surface area contributed by atoms with Crippen LogP contribution >= 0.6 is 0 Å². The molecule has 0 bridgehead atoms. The highest BCUT2D eigenvalue weighted by molar-refractivity contribution is 5.42. The molecule has 0 amide bonds. The summed E-state index contributed by atoms with van der Waals surface area (Å²) < 4.78 is 10.3. The Morgan fingerprint density at radius 2 is 1.12 bits per heavy atom. The van der Waals surface area contributed by atoms with Crippen LogP contribution in [0.1, 0.15) is 25.0 Å². The number of hydrogen-bond donors (Lipinski definition) is 2. The van der Waals surface area contributed by atoms with Gasteiger partial charge in [-0.1, -0.05) is 26.0 Å². The summed E-state index contributed by atoms with van der Waals surface area (Å²) >= 11 is 0. The van der Waals surface area contributed by atoms with E-state index in [9.17, 15) is 10.2 Å². The van der Waals surface area contributed by atoms with Crippen LogP contribution in [-0.4, -0.2) is 24.4 Å². The van der Waals surface area contributed by atoms with Crippen LogP contribution in [0.25, 0.3) is 0 Å². The van der Waals surface area contributed by atoms with Crippen molar-refractivity contribution in [2.75, 3.05) is 14.2 Å². The van der Waals surface area contributed by atoms with Crippen molar-refractivity contribution in [3.05, 3.63) is 47.5 Å². The van der Waals surface area contributed by atoms with E-state index < -0.39 is 0 Å². The van der Waals surface area contributed by atoms with Crippen LogP contribution in [0, 0.1) is 11.8 Å². The first-order valence-corrected chi connectivity index (χ1v) is 8.16. The number of hydrogen-bond acceptors (Lipinski definition) is 4. The van der Waals surface area contributed by atoms with E-state index in [-0.39, 0.29) is 11.5 Å². The molecule has 4 heteroatoms. The van der Waals surface area contributed by atoms with Crippen molar-refractivity contribution in [2.24, 2.45) is 11.8 Å². The topological polar surface area (TPSA) is 58.9 Å². The lowest BCUT2D eigenvalue weighted by Crippen LogP contribution is -2.13. The third-order valence-electron chi connectivity index (χ3n) is 4.58. The number of methoxy groups -OCH3 is 2. The Kier molecular flexibility index (Phi) is 5.96. The molecular formula is C20H26O4. The summed E-state index contributed by atoms with van der Waals surface area (Å²) in [4.78, 5) is 0. The standard InChI is InChI=1S/C20H26O4/c1-13(9-15-5-7-17(21)19(11-15)23-3)14(2)10-16-6-8-18(22)20(12-16)24-4/h5-8,11-14,21-22H,9-10H2,1-4H3/t13-,14-/m0/s1. The van der Waals surface area contributed by atoms with E-state index in [0.717, 1.165) is 24.0 Å². The molecule has 4 nitrogen and oxygen atoms in total. The van der Waals surface area contributed by atoms with Crippen molar-refractivity contribution in [3.8, 4) is 23.0 Å². The van der Waals surface area contributed by atoms with Crippen molar-refractivity contribution in [3.63, 3.8) is 0 Å². The Hall–Kier alpha value is -2.36. The molecule has 2 N–H and O–H groups in total. The van der Waals surface area contributed by atoms with Crippen LogP contribution < -0.4 is 9.47 Å². The molecule has 0 unspecified atom stereocenters. The molecule has 2 aromatic rings. The minimum absolute atomic E-state index is 0.165. The highest BCUT2D eigenvalue weighted by Crippen LogP contribution is 2.31. The van der Waals surface area contributed by atoms with E-state index >= 15 is 0 Å². The molecule has 2 atom stereocenters. The molecular weight excluding hydrogens is 304 g/mol. The van der Waals surface area contributed by atoms with Crippen LogP contribution in [0.3, 0.4) is 0 Å². The van der Waals surface area contributed by atoms with Gasteiger partial charge in [-0.05, 0) is 60.1 Å². The zero-order valence-corrected chi connectivity index (χ0v) is 14.7. The summed E-state index contributed by atoms with van der Waals surface area (Å²) in [7, 11) is 3.12. The number of benzene rings is 2. The molecule has 2 rings (SSSR count). The quantitative estimate of drug-likeness (QED) is 0.800. The maximum absolute atomic E-state index is 9.69. The molecule has 0 aliphatic rings. The molecule has 0 aromatic heterocycles. The van der Waals surface area contributed by atoms with Crippen molar-refractivity contribution < 1.29 is 19.7 Å². The summed E-state index contributed by atoms with van der Waals surface area (Å²) in [5.74, 6) is 2.26. The summed E-state index contributed by atoms with van der Waals surface area (Å²) in [5.41, 5.74) is 2.29. The van der Waals surface area contributed by atoms with E-state index in [1.807, 2.05) is 24.3 Å².